The van der Waals surface area contributed by atoms with Gasteiger partial charge in [-0.3, -0.25) is 9.69 Å². The molecule has 8 heteroatoms. The van der Waals surface area contributed by atoms with E-state index in [2.05, 4.69) is 40.3 Å². The zero-order valence-electron chi connectivity index (χ0n) is 16.8. The van der Waals surface area contributed by atoms with E-state index < -0.39 is 0 Å². The molecular formula is C22H22FN5OS. The molecule has 2 aromatic carbocycles. The SMILES string of the molecule is CCN(Cc1nnc(C(=O)NCc2ccc(F)cc2)s1)C(C)c1ccc(C#N)cc1. The number of carbonyl (C=O) groups is 1. The second kappa shape index (κ2) is 10.1. The Morgan fingerprint density at radius 2 is 1.90 bits per heavy atom. The van der Waals surface area contributed by atoms with Gasteiger partial charge in [0.2, 0.25) is 5.01 Å². The molecule has 1 unspecified atom stereocenters. The van der Waals surface area contributed by atoms with Crippen LogP contribution in [0.25, 0.3) is 0 Å². The standard InChI is InChI=1S/C22H22FN5OS/c1-3-28(15(2)18-8-4-16(12-24)5-9-18)14-20-26-27-22(30-20)21(29)25-13-17-6-10-19(23)11-7-17/h4-11,15H,3,13-14H2,1-2H3,(H,25,29). The lowest BCUT2D eigenvalue weighted by Crippen LogP contribution is -2.26. The maximum Gasteiger partial charge on any atom is 0.282 e. The van der Waals surface area contributed by atoms with Crippen molar-refractivity contribution in [3.63, 3.8) is 0 Å². The highest BCUT2D eigenvalue weighted by atomic mass is 32.1. The topological polar surface area (TPSA) is 81.9 Å². The van der Waals surface area contributed by atoms with Crippen LogP contribution in [0.5, 0.6) is 0 Å². The van der Waals surface area contributed by atoms with Crippen molar-refractivity contribution in [2.24, 2.45) is 0 Å². The van der Waals surface area contributed by atoms with E-state index >= 15 is 0 Å². The molecule has 0 aliphatic rings. The maximum atomic E-state index is 13.0. The van der Waals surface area contributed by atoms with Gasteiger partial charge in [0, 0.05) is 12.6 Å². The van der Waals surface area contributed by atoms with Crippen LogP contribution in [0.1, 0.15) is 51.4 Å². The first-order chi connectivity index (χ1) is 14.5. The third-order valence-corrected chi connectivity index (χ3v) is 5.75. The van der Waals surface area contributed by atoms with Crippen molar-refractivity contribution < 1.29 is 9.18 Å². The molecule has 1 atom stereocenters. The molecule has 1 heterocycles. The molecule has 0 fully saturated rings. The fourth-order valence-electron chi connectivity index (χ4n) is 3.01. The van der Waals surface area contributed by atoms with Gasteiger partial charge in [-0.25, -0.2) is 4.39 Å². The first-order valence-corrected chi connectivity index (χ1v) is 10.4. The Morgan fingerprint density at radius 3 is 2.53 bits per heavy atom. The van der Waals surface area contributed by atoms with Crippen molar-refractivity contribution in [2.75, 3.05) is 6.54 Å². The van der Waals surface area contributed by atoms with Crippen molar-refractivity contribution in [3.8, 4) is 6.07 Å². The van der Waals surface area contributed by atoms with Crippen molar-refractivity contribution in [3.05, 3.63) is 81.1 Å². The summed E-state index contributed by atoms with van der Waals surface area (Å²) in [5.41, 5.74) is 2.55. The highest BCUT2D eigenvalue weighted by Gasteiger charge is 2.18. The van der Waals surface area contributed by atoms with Gasteiger partial charge in [0.05, 0.1) is 18.2 Å². The number of rotatable bonds is 8. The zero-order chi connectivity index (χ0) is 21.5. The van der Waals surface area contributed by atoms with Crippen LogP contribution in [0.4, 0.5) is 4.39 Å². The fourth-order valence-corrected chi connectivity index (χ4v) is 3.79. The normalized spacial score (nSPS) is 11.8. The number of benzene rings is 2. The summed E-state index contributed by atoms with van der Waals surface area (Å²) in [4.78, 5) is 14.6. The Kier molecular flexibility index (Phi) is 7.22. The number of amides is 1. The van der Waals surface area contributed by atoms with E-state index in [0.717, 1.165) is 22.7 Å². The molecule has 0 radical (unpaired) electrons. The summed E-state index contributed by atoms with van der Waals surface area (Å²) in [6.07, 6.45) is 0. The smallest absolute Gasteiger partial charge is 0.282 e. The molecule has 3 aromatic rings. The third-order valence-electron chi connectivity index (χ3n) is 4.84. The highest BCUT2D eigenvalue weighted by Crippen LogP contribution is 2.23. The maximum absolute atomic E-state index is 13.0. The van der Waals surface area contributed by atoms with E-state index in [-0.39, 0.29) is 17.8 Å². The van der Waals surface area contributed by atoms with E-state index in [4.69, 9.17) is 5.26 Å². The second-order valence-corrected chi connectivity index (χ2v) is 7.85. The predicted molar refractivity (Wildman–Crippen MR) is 113 cm³/mol. The molecular weight excluding hydrogens is 401 g/mol. The van der Waals surface area contributed by atoms with Crippen LogP contribution in [0.3, 0.4) is 0 Å². The average molecular weight is 424 g/mol. The van der Waals surface area contributed by atoms with E-state index in [1.807, 2.05) is 24.3 Å². The van der Waals surface area contributed by atoms with Gasteiger partial charge in [-0.05, 0) is 48.9 Å². The number of aromatic nitrogens is 2. The fraction of sp³-hybridized carbons (Fsp3) is 0.273. The molecule has 0 aliphatic heterocycles. The molecule has 1 N–H and O–H groups in total. The molecule has 0 spiro atoms. The summed E-state index contributed by atoms with van der Waals surface area (Å²) in [6.45, 7) is 5.83. The van der Waals surface area contributed by atoms with Crippen LogP contribution in [-0.4, -0.2) is 27.5 Å². The Morgan fingerprint density at radius 1 is 1.20 bits per heavy atom. The number of halogens is 1. The van der Waals surface area contributed by atoms with Crippen molar-refractivity contribution >= 4 is 17.2 Å². The number of hydrogen-bond donors (Lipinski definition) is 1. The minimum atomic E-state index is -0.311. The van der Waals surface area contributed by atoms with Crippen LogP contribution in [0.15, 0.2) is 48.5 Å². The van der Waals surface area contributed by atoms with Crippen LogP contribution in [0.2, 0.25) is 0 Å². The second-order valence-electron chi connectivity index (χ2n) is 6.78. The summed E-state index contributed by atoms with van der Waals surface area (Å²) in [5, 5.41) is 21.0. The zero-order valence-corrected chi connectivity index (χ0v) is 17.6. The predicted octanol–water partition coefficient (Wildman–Crippen LogP) is 4.06. The highest BCUT2D eigenvalue weighted by molar-refractivity contribution is 7.13. The first kappa shape index (κ1) is 21.6. The molecule has 30 heavy (non-hydrogen) atoms. The van der Waals surface area contributed by atoms with Gasteiger partial charge in [-0.1, -0.05) is 42.5 Å². The summed E-state index contributed by atoms with van der Waals surface area (Å²) in [6, 6.07) is 15.8. The van der Waals surface area contributed by atoms with Crippen molar-refractivity contribution in [1.82, 2.24) is 20.4 Å². The molecule has 6 nitrogen and oxygen atoms in total. The molecule has 0 saturated carbocycles. The van der Waals surface area contributed by atoms with Gasteiger partial charge in [-0.15, -0.1) is 10.2 Å². The molecule has 0 saturated heterocycles. The van der Waals surface area contributed by atoms with Gasteiger partial charge in [0.15, 0.2) is 0 Å². The van der Waals surface area contributed by atoms with Gasteiger partial charge in [0.1, 0.15) is 10.8 Å². The number of nitriles is 1. The number of nitrogens with zero attached hydrogens (tertiary/aromatic N) is 4. The summed E-state index contributed by atoms with van der Waals surface area (Å²) >= 11 is 1.26. The average Bonchev–Trinajstić information content (AvgIpc) is 3.25. The van der Waals surface area contributed by atoms with Gasteiger partial charge < -0.3 is 5.32 Å². The van der Waals surface area contributed by atoms with E-state index in [0.29, 0.717) is 23.7 Å². The summed E-state index contributed by atoms with van der Waals surface area (Å²) in [7, 11) is 0. The van der Waals surface area contributed by atoms with E-state index in [1.165, 1.54) is 23.5 Å². The number of nitrogens with one attached hydrogen (secondary N) is 1. The van der Waals surface area contributed by atoms with Gasteiger partial charge in [-0.2, -0.15) is 5.26 Å². The van der Waals surface area contributed by atoms with E-state index in [9.17, 15) is 9.18 Å². The van der Waals surface area contributed by atoms with Crippen molar-refractivity contribution in [2.45, 2.75) is 33.0 Å². The van der Waals surface area contributed by atoms with E-state index in [1.54, 1.807) is 12.1 Å². The summed E-state index contributed by atoms with van der Waals surface area (Å²) in [5.74, 6) is -0.610. The Hall–Kier alpha value is -3.15. The Bertz CT molecular complexity index is 1030. The molecule has 154 valence electrons. The van der Waals surface area contributed by atoms with Crippen LogP contribution in [-0.2, 0) is 13.1 Å². The minimum Gasteiger partial charge on any atom is -0.346 e. The monoisotopic (exact) mass is 423 g/mol. The van der Waals surface area contributed by atoms with Crippen LogP contribution >= 0.6 is 11.3 Å². The Balaban J connectivity index is 1.60. The third kappa shape index (κ3) is 5.47. The molecule has 0 bridgehead atoms. The minimum absolute atomic E-state index is 0.127. The lowest BCUT2D eigenvalue weighted by Gasteiger charge is -2.27. The molecule has 1 aromatic heterocycles. The van der Waals surface area contributed by atoms with Gasteiger partial charge >= 0.3 is 0 Å². The number of carbonyl (C=O) groups excluding carboxylic acids is 1. The first-order valence-electron chi connectivity index (χ1n) is 9.59. The largest absolute Gasteiger partial charge is 0.346 e. The molecule has 0 aliphatic carbocycles. The number of hydrogen-bond acceptors (Lipinski definition) is 6. The van der Waals surface area contributed by atoms with Gasteiger partial charge in [0.25, 0.3) is 5.91 Å². The van der Waals surface area contributed by atoms with Crippen LogP contribution in [0, 0.1) is 17.1 Å². The summed E-state index contributed by atoms with van der Waals surface area (Å²) < 4.78 is 13.0. The quantitative estimate of drug-likeness (QED) is 0.591. The molecule has 1 amide bonds. The lowest BCUT2D eigenvalue weighted by molar-refractivity contribution is 0.0950. The Labute approximate surface area is 179 Å². The lowest BCUT2D eigenvalue weighted by atomic mass is 10.1. The molecule has 3 rings (SSSR count). The van der Waals surface area contributed by atoms with Crippen LogP contribution < -0.4 is 5.32 Å². The van der Waals surface area contributed by atoms with Crippen molar-refractivity contribution in [1.29, 1.82) is 5.26 Å².